The van der Waals surface area contributed by atoms with E-state index in [-0.39, 0.29) is 5.56 Å². The van der Waals surface area contributed by atoms with Gasteiger partial charge in [0.15, 0.2) is 0 Å². The average Bonchev–Trinajstić information content (AvgIpc) is 2.45. The molecule has 0 saturated carbocycles. The minimum Gasteiger partial charge on any atom is -0.465 e. The molecule has 112 valence electrons. The summed E-state index contributed by atoms with van der Waals surface area (Å²) in [5, 5.41) is 3.28. The molecule has 0 radical (unpaired) electrons. The molecule has 20 heavy (non-hydrogen) atoms. The van der Waals surface area contributed by atoms with E-state index in [0.29, 0.717) is 6.54 Å². The van der Waals surface area contributed by atoms with Crippen molar-refractivity contribution in [3.63, 3.8) is 0 Å². The third kappa shape index (κ3) is 5.92. The van der Waals surface area contributed by atoms with Gasteiger partial charge in [-0.25, -0.2) is 9.18 Å². The van der Waals surface area contributed by atoms with Crippen LogP contribution in [0.15, 0.2) is 18.2 Å². The number of unbranched alkanes of at least 4 members (excludes halogenated alkanes) is 2. The van der Waals surface area contributed by atoms with Crippen LogP contribution >= 0.6 is 11.8 Å². The number of benzene rings is 1. The minimum atomic E-state index is -0.643. The summed E-state index contributed by atoms with van der Waals surface area (Å²) >= 11 is 1.87. The van der Waals surface area contributed by atoms with Crippen molar-refractivity contribution in [2.45, 2.75) is 25.8 Å². The fraction of sp³-hybridized carbons (Fsp3) is 0.533. The maximum Gasteiger partial charge on any atom is 0.340 e. The number of nitrogens with one attached hydrogen (secondary N) is 1. The minimum absolute atomic E-state index is 0.0201. The van der Waals surface area contributed by atoms with E-state index < -0.39 is 11.8 Å². The summed E-state index contributed by atoms with van der Waals surface area (Å²) in [6.07, 6.45) is 5.70. The first-order valence-electron chi connectivity index (χ1n) is 6.75. The number of methoxy groups -OCH3 is 1. The van der Waals surface area contributed by atoms with Crippen LogP contribution in [0.5, 0.6) is 0 Å². The second-order valence-corrected chi connectivity index (χ2v) is 5.52. The van der Waals surface area contributed by atoms with Gasteiger partial charge in [0.05, 0.1) is 12.7 Å². The van der Waals surface area contributed by atoms with Gasteiger partial charge in [-0.05, 0) is 49.1 Å². The summed E-state index contributed by atoms with van der Waals surface area (Å²) in [5.41, 5.74) is 0.813. The van der Waals surface area contributed by atoms with Crippen LogP contribution in [0.3, 0.4) is 0 Å². The number of esters is 1. The number of rotatable bonds is 9. The fourth-order valence-corrected chi connectivity index (χ4v) is 2.34. The van der Waals surface area contributed by atoms with Gasteiger partial charge in [-0.1, -0.05) is 12.5 Å². The Balaban J connectivity index is 2.31. The van der Waals surface area contributed by atoms with Crippen molar-refractivity contribution in [3.8, 4) is 0 Å². The van der Waals surface area contributed by atoms with E-state index in [0.717, 1.165) is 18.5 Å². The molecule has 1 aromatic rings. The van der Waals surface area contributed by atoms with Crippen LogP contribution in [0.4, 0.5) is 4.39 Å². The first-order valence-corrected chi connectivity index (χ1v) is 8.14. The molecule has 5 heteroatoms. The van der Waals surface area contributed by atoms with Crippen LogP contribution in [0.1, 0.15) is 35.2 Å². The maximum absolute atomic E-state index is 13.7. The third-order valence-electron chi connectivity index (χ3n) is 2.97. The molecule has 0 unspecified atom stereocenters. The highest BCUT2D eigenvalue weighted by Crippen LogP contribution is 2.11. The molecule has 0 atom stereocenters. The molecule has 0 bridgehead atoms. The van der Waals surface area contributed by atoms with Crippen LogP contribution in [0.25, 0.3) is 0 Å². The highest BCUT2D eigenvalue weighted by molar-refractivity contribution is 7.98. The number of ether oxygens (including phenoxy) is 1. The molecular formula is C15H22FNO2S. The van der Waals surface area contributed by atoms with Gasteiger partial charge in [-0.3, -0.25) is 0 Å². The predicted molar refractivity (Wildman–Crippen MR) is 81.7 cm³/mol. The molecular weight excluding hydrogens is 277 g/mol. The number of hydrogen-bond acceptors (Lipinski definition) is 4. The summed E-state index contributed by atoms with van der Waals surface area (Å²) < 4.78 is 18.2. The van der Waals surface area contributed by atoms with E-state index in [1.165, 1.54) is 37.8 Å². The van der Waals surface area contributed by atoms with E-state index in [1.54, 1.807) is 6.07 Å². The third-order valence-corrected chi connectivity index (χ3v) is 3.67. The standard InChI is InChI=1S/C15H22FNO2S/c1-19-15(18)13-7-6-12(10-14(13)16)11-17-8-4-3-5-9-20-2/h6-7,10,17H,3-5,8-9,11H2,1-2H3. The molecule has 0 aromatic heterocycles. The number of thioether (sulfide) groups is 1. The van der Waals surface area contributed by atoms with Crippen molar-refractivity contribution >= 4 is 17.7 Å². The van der Waals surface area contributed by atoms with E-state index in [9.17, 15) is 9.18 Å². The summed E-state index contributed by atoms with van der Waals surface area (Å²) in [5.74, 6) is 0.0344. The van der Waals surface area contributed by atoms with Gasteiger partial charge in [-0.15, -0.1) is 0 Å². The first kappa shape index (κ1) is 17.0. The van der Waals surface area contributed by atoms with Crippen LogP contribution in [-0.2, 0) is 11.3 Å². The van der Waals surface area contributed by atoms with Crippen LogP contribution in [0.2, 0.25) is 0 Å². The molecule has 0 fully saturated rings. The molecule has 1 N–H and O–H groups in total. The van der Waals surface area contributed by atoms with E-state index in [4.69, 9.17) is 0 Å². The number of hydrogen-bond donors (Lipinski definition) is 1. The smallest absolute Gasteiger partial charge is 0.340 e. The Kier molecular flexibility index (Phi) is 8.30. The Morgan fingerprint density at radius 3 is 2.80 bits per heavy atom. The fourth-order valence-electron chi connectivity index (χ4n) is 1.85. The Morgan fingerprint density at radius 2 is 2.15 bits per heavy atom. The molecule has 0 aliphatic carbocycles. The molecule has 3 nitrogen and oxygen atoms in total. The molecule has 0 aliphatic heterocycles. The van der Waals surface area contributed by atoms with Crippen LogP contribution in [0, 0.1) is 5.82 Å². The molecule has 1 aromatic carbocycles. The van der Waals surface area contributed by atoms with Crippen molar-refractivity contribution in [1.29, 1.82) is 0 Å². The molecule has 0 amide bonds. The van der Waals surface area contributed by atoms with Crippen molar-refractivity contribution in [2.75, 3.05) is 25.7 Å². The number of carbonyl (C=O) groups excluding carboxylic acids is 1. The lowest BCUT2D eigenvalue weighted by molar-refractivity contribution is 0.0595. The van der Waals surface area contributed by atoms with E-state index in [2.05, 4.69) is 16.3 Å². The van der Waals surface area contributed by atoms with Gasteiger partial charge in [0.1, 0.15) is 5.82 Å². The summed E-state index contributed by atoms with van der Waals surface area (Å²) in [7, 11) is 1.24. The summed E-state index contributed by atoms with van der Waals surface area (Å²) in [6.45, 7) is 1.54. The maximum atomic E-state index is 13.7. The highest BCUT2D eigenvalue weighted by atomic mass is 32.2. The van der Waals surface area contributed by atoms with Crippen LogP contribution in [-0.4, -0.2) is 31.6 Å². The second kappa shape index (κ2) is 9.77. The number of carbonyl (C=O) groups is 1. The van der Waals surface area contributed by atoms with Crippen molar-refractivity contribution in [3.05, 3.63) is 35.1 Å². The molecule has 0 aliphatic rings. The Labute approximate surface area is 124 Å². The second-order valence-electron chi connectivity index (χ2n) is 4.54. The van der Waals surface area contributed by atoms with Crippen molar-refractivity contribution < 1.29 is 13.9 Å². The highest BCUT2D eigenvalue weighted by Gasteiger charge is 2.11. The van der Waals surface area contributed by atoms with Gasteiger partial charge < -0.3 is 10.1 Å². The lowest BCUT2D eigenvalue weighted by Crippen LogP contribution is -2.15. The Morgan fingerprint density at radius 1 is 1.35 bits per heavy atom. The summed E-state index contributed by atoms with van der Waals surface area (Å²) in [6, 6.07) is 4.60. The van der Waals surface area contributed by atoms with Gasteiger partial charge in [0.2, 0.25) is 0 Å². The summed E-state index contributed by atoms with van der Waals surface area (Å²) in [4.78, 5) is 11.3. The average molecular weight is 299 g/mol. The van der Waals surface area contributed by atoms with E-state index in [1.807, 2.05) is 11.8 Å². The largest absolute Gasteiger partial charge is 0.465 e. The predicted octanol–water partition coefficient (Wildman–Crippen LogP) is 3.24. The van der Waals surface area contributed by atoms with Gasteiger partial charge in [0.25, 0.3) is 0 Å². The molecule has 1 rings (SSSR count). The zero-order valence-corrected chi connectivity index (χ0v) is 12.9. The lowest BCUT2D eigenvalue weighted by Gasteiger charge is -2.07. The lowest BCUT2D eigenvalue weighted by atomic mass is 10.1. The molecule has 0 heterocycles. The zero-order valence-electron chi connectivity index (χ0n) is 12.1. The topological polar surface area (TPSA) is 38.3 Å². The van der Waals surface area contributed by atoms with Gasteiger partial charge in [-0.2, -0.15) is 11.8 Å². The monoisotopic (exact) mass is 299 g/mol. The van der Waals surface area contributed by atoms with Gasteiger partial charge in [0, 0.05) is 6.54 Å². The number of halogens is 1. The van der Waals surface area contributed by atoms with E-state index >= 15 is 0 Å². The zero-order chi connectivity index (χ0) is 14.8. The van der Waals surface area contributed by atoms with Gasteiger partial charge >= 0.3 is 5.97 Å². The van der Waals surface area contributed by atoms with Crippen molar-refractivity contribution in [1.82, 2.24) is 5.32 Å². The SMILES string of the molecule is COC(=O)c1ccc(CNCCCCCSC)cc1F. The normalized spacial score (nSPS) is 10.6. The molecule has 0 saturated heterocycles. The van der Waals surface area contributed by atoms with Crippen molar-refractivity contribution in [2.24, 2.45) is 0 Å². The molecule has 0 spiro atoms. The Bertz CT molecular complexity index is 426. The Hall–Kier alpha value is -1.07. The van der Waals surface area contributed by atoms with Crippen LogP contribution < -0.4 is 5.32 Å². The quantitative estimate of drug-likeness (QED) is 0.561. The first-order chi connectivity index (χ1) is 9.69.